The molecular formula is C14H14O3. The van der Waals surface area contributed by atoms with Crippen molar-refractivity contribution in [3.05, 3.63) is 46.3 Å². The zero-order valence-electron chi connectivity index (χ0n) is 9.81. The number of benzene rings is 1. The van der Waals surface area contributed by atoms with Gasteiger partial charge in [-0.15, -0.1) is 0 Å². The molecule has 0 amide bonds. The lowest BCUT2D eigenvalue weighted by Gasteiger charge is -2.00. The third kappa shape index (κ3) is 2.56. The maximum atomic E-state index is 11.1. The summed E-state index contributed by atoms with van der Waals surface area (Å²) in [5.74, 6) is 0.121. The van der Waals surface area contributed by atoms with Crippen LogP contribution in [0.25, 0.3) is 17.0 Å². The molecule has 2 rings (SSSR count). The maximum absolute atomic E-state index is 11.1. The smallest absolute Gasteiger partial charge is 0.378 e. The van der Waals surface area contributed by atoms with Gasteiger partial charge in [0.05, 0.1) is 0 Å². The molecule has 17 heavy (non-hydrogen) atoms. The summed E-state index contributed by atoms with van der Waals surface area (Å²) in [4.78, 5) is 11.1. The van der Waals surface area contributed by atoms with Crippen LogP contribution in [-0.4, -0.2) is 5.11 Å². The normalized spacial score (nSPS) is 11.7. The van der Waals surface area contributed by atoms with Crippen LogP contribution in [0.5, 0.6) is 5.75 Å². The SMILES string of the molecule is CC(C)/C=C/c1ccc2oc(=O)c(O)cc2c1. The van der Waals surface area contributed by atoms with Gasteiger partial charge in [-0.3, -0.25) is 0 Å². The lowest BCUT2D eigenvalue weighted by atomic mass is 10.1. The predicted molar refractivity (Wildman–Crippen MR) is 68.0 cm³/mol. The van der Waals surface area contributed by atoms with E-state index in [1.54, 1.807) is 6.07 Å². The van der Waals surface area contributed by atoms with E-state index < -0.39 is 5.63 Å². The highest BCUT2D eigenvalue weighted by atomic mass is 16.4. The molecule has 0 radical (unpaired) electrons. The molecule has 2 aromatic rings. The molecule has 0 saturated carbocycles. The van der Waals surface area contributed by atoms with Gasteiger partial charge in [-0.2, -0.15) is 0 Å². The van der Waals surface area contributed by atoms with Gasteiger partial charge in [0.25, 0.3) is 0 Å². The van der Waals surface area contributed by atoms with E-state index in [9.17, 15) is 9.90 Å². The molecule has 0 fully saturated rings. The molecule has 3 heteroatoms. The summed E-state index contributed by atoms with van der Waals surface area (Å²) in [5.41, 5.74) is 0.789. The first-order chi connectivity index (χ1) is 8.06. The zero-order chi connectivity index (χ0) is 12.4. The molecule has 0 spiro atoms. The van der Waals surface area contributed by atoms with Gasteiger partial charge >= 0.3 is 5.63 Å². The Morgan fingerprint density at radius 2 is 2.06 bits per heavy atom. The van der Waals surface area contributed by atoms with E-state index in [-0.39, 0.29) is 5.75 Å². The van der Waals surface area contributed by atoms with Gasteiger partial charge in [0.1, 0.15) is 5.58 Å². The van der Waals surface area contributed by atoms with Crippen LogP contribution in [0, 0.1) is 5.92 Å². The van der Waals surface area contributed by atoms with Crippen LogP contribution in [0.15, 0.2) is 39.6 Å². The lowest BCUT2D eigenvalue weighted by Crippen LogP contribution is -1.96. The first-order valence-electron chi connectivity index (χ1n) is 5.51. The summed E-state index contributed by atoms with van der Waals surface area (Å²) in [7, 11) is 0. The lowest BCUT2D eigenvalue weighted by molar-refractivity contribution is 0.428. The predicted octanol–water partition coefficient (Wildman–Crippen LogP) is 3.17. The van der Waals surface area contributed by atoms with Gasteiger partial charge in [-0.25, -0.2) is 4.79 Å². The fourth-order valence-electron chi connectivity index (χ4n) is 1.54. The Hall–Kier alpha value is -2.03. The van der Waals surface area contributed by atoms with Crippen LogP contribution < -0.4 is 5.63 Å². The number of rotatable bonds is 2. The van der Waals surface area contributed by atoms with Crippen molar-refractivity contribution in [1.82, 2.24) is 0 Å². The Morgan fingerprint density at radius 1 is 1.29 bits per heavy atom. The van der Waals surface area contributed by atoms with E-state index in [0.29, 0.717) is 16.9 Å². The van der Waals surface area contributed by atoms with E-state index in [1.807, 2.05) is 18.2 Å². The molecule has 0 bridgehead atoms. The average molecular weight is 230 g/mol. The third-order valence-corrected chi connectivity index (χ3v) is 2.41. The Balaban J connectivity index is 2.50. The van der Waals surface area contributed by atoms with Crippen molar-refractivity contribution >= 4 is 17.0 Å². The van der Waals surface area contributed by atoms with E-state index in [2.05, 4.69) is 19.9 Å². The summed E-state index contributed by atoms with van der Waals surface area (Å²) >= 11 is 0. The second kappa shape index (κ2) is 4.45. The number of aromatic hydroxyl groups is 1. The minimum atomic E-state index is -0.706. The van der Waals surface area contributed by atoms with Crippen molar-refractivity contribution in [2.75, 3.05) is 0 Å². The minimum Gasteiger partial charge on any atom is -0.502 e. The molecule has 3 nitrogen and oxygen atoms in total. The molecular weight excluding hydrogens is 216 g/mol. The van der Waals surface area contributed by atoms with Crippen molar-refractivity contribution in [2.24, 2.45) is 5.92 Å². The molecule has 0 aliphatic heterocycles. The fraction of sp³-hybridized carbons (Fsp3) is 0.214. The second-order valence-electron chi connectivity index (χ2n) is 4.32. The molecule has 1 aromatic heterocycles. The highest BCUT2D eigenvalue weighted by Crippen LogP contribution is 2.19. The highest BCUT2D eigenvalue weighted by molar-refractivity contribution is 5.80. The van der Waals surface area contributed by atoms with Crippen molar-refractivity contribution in [2.45, 2.75) is 13.8 Å². The molecule has 1 N–H and O–H groups in total. The van der Waals surface area contributed by atoms with Gasteiger partial charge in [0, 0.05) is 5.39 Å². The summed E-state index contributed by atoms with van der Waals surface area (Å²) in [6.07, 6.45) is 4.09. The first kappa shape index (κ1) is 11.5. The minimum absolute atomic E-state index is 0.359. The zero-order valence-corrected chi connectivity index (χ0v) is 9.81. The molecule has 0 aliphatic rings. The van der Waals surface area contributed by atoms with Gasteiger partial charge in [0.2, 0.25) is 5.75 Å². The summed E-state index contributed by atoms with van der Waals surface area (Å²) in [5, 5.41) is 10.0. The molecule has 0 unspecified atom stereocenters. The topological polar surface area (TPSA) is 50.4 Å². The molecule has 0 atom stereocenters. The standard InChI is InChI=1S/C14H14O3/c1-9(2)3-4-10-5-6-13-11(7-10)8-12(15)14(16)17-13/h3-9,15H,1-2H3/b4-3+. The first-order valence-corrected chi connectivity index (χ1v) is 5.51. The van der Waals surface area contributed by atoms with Crippen molar-refractivity contribution < 1.29 is 9.52 Å². The van der Waals surface area contributed by atoms with Crippen LogP contribution in [-0.2, 0) is 0 Å². The Morgan fingerprint density at radius 3 is 2.76 bits per heavy atom. The van der Waals surface area contributed by atoms with E-state index in [4.69, 9.17) is 4.42 Å². The van der Waals surface area contributed by atoms with Crippen molar-refractivity contribution in [3.63, 3.8) is 0 Å². The second-order valence-corrected chi connectivity index (χ2v) is 4.32. The van der Waals surface area contributed by atoms with Crippen LogP contribution in [0.1, 0.15) is 19.4 Å². The monoisotopic (exact) mass is 230 g/mol. The van der Waals surface area contributed by atoms with E-state index in [1.165, 1.54) is 6.07 Å². The van der Waals surface area contributed by atoms with Crippen LogP contribution >= 0.6 is 0 Å². The van der Waals surface area contributed by atoms with E-state index >= 15 is 0 Å². The largest absolute Gasteiger partial charge is 0.502 e. The summed E-state index contributed by atoms with van der Waals surface area (Å²) in [6.45, 7) is 4.20. The van der Waals surface area contributed by atoms with Crippen LogP contribution in [0.4, 0.5) is 0 Å². The van der Waals surface area contributed by atoms with Crippen LogP contribution in [0.3, 0.4) is 0 Å². The van der Waals surface area contributed by atoms with Gasteiger partial charge < -0.3 is 9.52 Å². The summed E-state index contributed by atoms with van der Waals surface area (Å²) < 4.78 is 4.94. The Kier molecular flexibility index (Phi) is 3.00. The highest BCUT2D eigenvalue weighted by Gasteiger charge is 2.03. The van der Waals surface area contributed by atoms with Crippen molar-refractivity contribution in [1.29, 1.82) is 0 Å². The number of hydrogen-bond donors (Lipinski definition) is 1. The average Bonchev–Trinajstić information content (AvgIpc) is 2.28. The maximum Gasteiger partial charge on any atom is 0.378 e. The van der Waals surface area contributed by atoms with Crippen LogP contribution in [0.2, 0.25) is 0 Å². The Labute approximate surface area is 99.0 Å². The van der Waals surface area contributed by atoms with Gasteiger partial charge in [-0.05, 0) is 29.7 Å². The summed E-state index contributed by atoms with van der Waals surface area (Å²) in [6, 6.07) is 6.90. The molecule has 0 saturated heterocycles. The number of hydrogen-bond acceptors (Lipinski definition) is 3. The molecule has 88 valence electrons. The molecule has 1 aromatic carbocycles. The fourth-order valence-corrected chi connectivity index (χ4v) is 1.54. The van der Waals surface area contributed by atoms with Gasteiger partial charge in [0.15, 0.2) is 0 Å². The van der Waals surface area contributed by atoms with E-state index in [0.717, 1.165) is 5.56 Å². The Bertz CT molecular complexity index is 621. The molecule has 0 aliphatic carbocycles. The van der Waals surface area contributed by atoms with Crippen molar-refractivity contribution in [3.8, 4) is 5.75 Å². The quantitative estimate of drug-likeness (QED) is 0.806. The molecule has 1 heterocycles. The van der Waals surface area contributed by atoms with Gasteiger partial charge in [-0.1, -0.05) is 32.1 Å². The number of allylic oxidation sites excluding steroid dienone is 1. The third-order valence-electron chi connectivity index (χ3n) is 2.41. The number of fused-ring (bicyclic) bond motifs is 1.